The molecule has 1 aromatic heterocycles. The molecule has 0 unspecified atom stereocenters. The lowest BCUT2D eigenvalue weighted by Crippen LogP contribution is -2.51. The van der Waals surface area contributed by atoms with E-state index >= 15 is 0 Å². The van der Waals surface area contributed by atoms with Gasteiger partial charge >= 0.3 is 6.09 Å². The van der Waals surface area contributed by atoms with Gasteiger partial charge in [0.1, 0.15) is 6.07 Å². The van der Waals surface area contributed by atoms with E-state index in [4.69, 9.17) is 9.26 Å². The molecular formula is C34H41FN4O4. The van der Waals surface area contributed by atoms with Crippen molar-refractivity contribution in [2.24, 2.45) is 5.41 Å². The molecule has 1 heterocycles. The Bertz CT molecular complexity index is 1500. The van der Waals surface area contributed by atoms with Crippen LogP contribution in [0.25, 0.3) is 11.1 Å². The maximum Gasteiger partial charge on any atom is 0.415 e. The Hall–Kier alpha value is -3.77. The molecule has 6 rings (SSSR count). The van der Waals surface area contributed by atoms with Crippen molar-refractivity contribution < 1.29 is 23.6 Å². The molecule has 0 radical (unpaired) electrons. The quantitative estimate of drug-likeness (QED) is 0.287. The van der Waals surface area contributed by atoms with Gasteiger partial charge in [0.2, 0.25) is 0 Å². The van der Waals surface area contributed by atoms with Crippen LogP contribution in [0.5, 0.6) is 0 Å². The predicted octanol–water partition coefficient (Wildman–Crippen LogP) is 7.71. The Morgan fingerprint density at radius 2 is 1.65 bits per heavy atom. The summed E-state index contributed by atoms with van der Waals surface area (Å²) in [6.45, 7) is 9.92. The van der Waals surface area contributed by atoms with Gasteiger partial charge in [-0.15, -0.1) is 0 Å². The zero-order valence-corrected chi connectivity index (χ0v) is 25.9. The van der Waals surface area contributed by atoms with Gasteiger partial charge in [0, 0.05) is 17.6 Å². The lowest BCUT2D eigenvalue weighted by Gasteiger charge is -2.53. The fraction of sp³-hybridized carbons (Fsp3) is 0.529. The third-order valence-electron chi connectivity index (χ3n) is 9.22. The van der Waals surface area contributed by atoms with E-state index in [0.29, 0.717) is 18.1 Å². The fourth-order valence-electron chi connectivity index (χ4n) is 6.33. The van der Waals surface area contributed by atoms with E-state index in [2.05, 4.69) is 16.2 Å². The van der Waals surface area contributed by atoms with Crippen molar-refractivity contribution in [1.82, 2.24) is 10.1 Å². The summed E-state index contributed by atoms with van der Waals surface area (Å²) >= 11 is 0. The average molecular weight is 589 g/mol. The summed E-state index contributed by atoms with van der Waals surface area (Å²) < 4.78 is 25.4. The van der Waals surface area contributed by atoms with Crippen molar-refractivity contribution >= 4 is 11.8 Å². The second-order valence-corrected chi connectivity index (χ2v) is 13.9. The Kier molecular flexibility index (Phi) is 7.67. The molecule has 2 bridgehead atoms. The van der Waals surface area contributed by atoms with Gasteiger partial charge in [-0.25, -0.2) is 9.18 Å². The Morgan fingerprint density at radius 1 is 1.02 bits per heavy atom. The van der Waals surface area contributed by atoms with E-state index in [1.54, 1.807) is 32.6 Å². The first-order valence-corrected chi connectivity index (χ1v) is 14.9. The summed E-state index contributed by atoms with van der Waals surface area (Å²) in [5, 5.41) is 24.1. The van der Waals surface area contributed by atoms with Crippen molar-refractivity contribution in [3.05, 3.63) is 65.8 Å². The highest BCUT2D eigenvalue weighted by Crippen LogP contribution is 2.57. The van der Waals surface area contributed by atoms with Gasteiger partial charge in [-0.3, -0.25) is 4.90 Å². The van der Waals surface area contributed by atoms with Crippen molar-refractivity contribution in [2.75, 3.05) is 11.4 Å². The number of carbonyl (C=O) groups is 1. The molecule has 3 fully saturated rings. The SMILES string of the molecule is CC(C)(C#N)OC(=O)N(CC12CCC(c3noc(C(C)(C)F)n3)(CC1)CC2)c1cccc(-c2ccc(C(C)(C)O)cc2)c1. The largest absolute Gasteiger partial charge is 0.428 e. The molecule has 1 N–H and O–H groups in total. The zero-order chi connectivity index (χ0) is 31.3. The lowest BCUT2D eigenvalue weighted by molar-refractivity contribution is 0.0348. The van der Waals surface area contributed by atoms with Crippen LogP contribution in [-0.4, -0.2) is 33.5 Å². The zero-order valence-electron chi connectivity index (χ0n) is 25.9. The topological polar surface area (TPSA) is 112 Å². The van der Waals surface area contributed by atoms with E-state index < -0.39 is 23.0 Å². The number of fused-ring (bicyclic) bond motifs is 3. The molecule has 0 aliphatic heterocycles. The third-order valence-corrected chi connectivity index (χ3v) is 9.22. The number of nitriles is 1. The monoisotopic (exact) mass is 588 g/mol. The number of ether oxygens (including phenoxy) is 1. The minimum Gasteiger partial charge on any atom is -0.428 e. The Labute approximate surface area is 252 Å². The van der Waals surface area contributed by atoms with Crippen LogP contribution in [0, 0.1) is 16.7 Å². The molecule has 1 amide bonds. The number of alkyl halides is 1. The van der Waals surface area contributed by atoms with Crippen LogP contribution < -0.4 is 4.90 Å². The second-order valence-electron chi connectivity index (χ2n) is 13.9. The number of halogens is 1. The summed E-state index contributed by atoms with van der Waals surface area (Å²) in [4.78, 5) is 19.8. The Morgan fingerprint density at radius 3 is 2.19 bits per heavy atom. The van der Waals surface area contributed by atoms with Gasteiger partial charge in [-0.1, -0.05) is 41.6 Å². The van der Waals surface area contributed by atoms with E-state index in [9.17, 15) is 19.6 Å². The molecule has 3 aliphatic carbocycles. The summed E-state index contributed by atoms with van der Waals surface area (Å²) in [6, 6.07) is 17.5. The van der Waals surface area contributed by atoms with Crippen LogP contribution in [-0.2, 0) is 21.4 Å². The van der Waals surface area contributed by atoms with Crippen LogP contribution in [0.2, 0.25) is 0 Å². The number of amides is 1. The Balaban J connectivity index is 1.41. The number of anilines is 1. The summed E-state index contributed by atoms with van der Waals surface area (Å²) in [7, 11) is 0. The number of hydrogen-bond acceptors (Lipinski definition) is 7. The third kappa shape index (κ3) is 6.30. The van der Waals surface area contributed by atoms with Gasteiger partial charge in [-0.05, 0) is 114 Å². The minimum atomic E-state index is -1.70. The standard InChI is InChI=1S/C34H41FN4O4/c1-30(2,21-36)42-29(40)39(26-9-7-8-24(20-26)23-10-12-25(13-11-23)32(5,6)41)22-33-14-17-34(18-15-33,19-16-33)27-37-28(43-38-27)31(3,4)35/h7-13,20,41H,14-19,22H2,1-6H3. The summed E-state index contributed by atoms with van der Waals surface area (Å²) in [5.41, 5.74) is -0.947. The highest BCUT2D eigenvalue weighted by Gasteiger charge is 2.53. The summed E-state index contributed by atoms with van der Waals surface area (Å²) in [6.07, 6.45) is 4.43. The molecule has 2 aromatic carbocycles. The fourth-order valence-corrected chi connectivity index (χ4v) is 6.33. The first-order valence-electron chi connectivity index (χ1n) is 14.9. The van der Waals surface area contributed by atoms with Crippen LogP contribution in [0.1, 0.15) is 97.3 Å². The molecule has 9 heteroatoms. The highest BCUT2D eigenvalue weighted by atomic mass is 19.1. The molecular weight excluding hydrogens is 547 g/mol. The predicted molar refractivity (Wildman–Crippen MR) is 161 cm³/mol. The molecule has 0 saturated heterocycles. The van der Waals surface area contributed by atoms with Gasteiger partial charge in [-0.2, -0.15) is 10.2 Å². The minimum absolute atomic E-state index is 0.00269. The smallest absolute Gasteiger partial charge is 0.415 e. The van der Waals surface area contributed by atoms with Crippen molar-refractivity contribution in [2.45, 2.75) is 102 Å². The van der Waals surface area contributed by atoms with Gasteiger partial charge < -0.3 is 14.4 Å². The number of aliphatic hydroxyl groups is 1. The molecule has 0 atom stereocenters. The van der Waals surface area contributed by atoms with E-state index in [-0.39, 0.29) is 16.7 Å². The molecule has 228 valence electrons. The number of nitrogens with zero attached hydrogens (tertiary/aromatic N) is 4. The first-order chi connectivity index (χ1) is 20.0. The van der Waals surface area contributed by atoms with E-state index in [1.165, 1.54) is 13.8 Å². The van der Waals surface area contributed by atoms with Crippen molar-refractivity contribution in [1.29, 1.82) is 5.26 Å². The van der Waals surface area contributed by atoms with Crippen LogP contribution in [0.15, 0.2) is 53.1 Å². The van der Waals surface area contributed by atoms with Crippen LogP contribution >= 0.6 is 0 Å². The molecule has 8 nitrogen and oxygen atoms in total. The van der Waals surface area contributed by atoms with Crippen LogP contribution in [0.3, 0.4) is 0 Å². The van der Waals surface area contributed by atoms with Crippen molar-refractivity contribution in [3.63, 3.8) is 0 Å². The normalized spacial score (nSPS) is 22.2. The molecule has 43 heavy (non-hydrogen) atoms. The van der Waals surface area contributed by atoms with E-state index in [1.807, 2.05) is 48.5 Å². The number of benzene rings is 2. The van der Waals surface area contributed by atoms with Gasteiger partial charge in [0.05, 0.1) is 5.60 Å². The molecule has 0 spiro atoms. The number of hydrogen-bond donors (Lipinski definition) is 1. The number of rotatable bonds is 8. The van der Waals surface area contributed by atoms with Crippen molar-refractivity contribution in [3.8, 4) is 17.2 Å². The first kappa shape index (κ1) is 30.7. The molecule has 3 aliphatic rings. The maximum absolute atomic E-state index is 14.5. The van der Waals surface area contributed by atoms with Crippen LogP contribution in [0.4, 0.5) is 14.9 Å². The summed E-state index contributed by atoms with van der Waals surface area (Å²) in [5.74, 6) is 0.583. The lowest BCUT2D eigenvalue weighted by atomic mass is 9.53. The van der Waals surface area contributed by atoms with Gasteiger partial charge in [0.25, 0.3) is 5.89 Å². The number of aromatic nitrogens is 2. The second kappa shape index (κ2) is 10.7. The highest BCUT2D eigenvalue weighted by molar-refractivity contribution is 5.89. The average Bonchev–Trinajstić information content (AvgIpc) is 3.49. The molecule has 3 aromatic rings. The van der Waals surface area contributed by atoms with Gasteiger partial charge in [0.15, 0.2) is 17.1 Å². The maximum atomic E-state index is 14.5. The molecule has 3 saturated carbocycles. The number of carbonyl (C=O) groups excluding carboxylic acids is 1. The van der Waals surface area contributed by atoms with E-state index in [0.717, 1.165) is 55.2 Å².